The number of aryl methyl sites for hydroxylation is 2. The number of benzene rings is 4. The van der Waals surface area contributed by atoms with Crippen LogP contribution in [0.25, 0.3) is 21.8 Å². The average Bonchev–Trinajstić information content (AvgIpc) is 3.52. The third-order valence-corrected chi connectivity index (χ3v) is 7.48. The number of nitrogens with one attached hydrogen (secondary N) is 2. The molecule has 2 aromatic heterocycles. The van der Waals surface area contributed by atoms with Gasteiger partial charge in [-0.25, -0.2) is 0 Å². The molecule has 3 heterocycles. The van der Waals surface area contributed by atoms with Crippen LogP contribution in [0, 0.1) is 13.8 Å². The summed E-state index contributed by atoms with van der Waals surface area (Å²) in [5.41, 5.74) is 11.0. The van der Waals surface area contributed by atoms with E-state index in [0.29, 0.717) is 0 Å². The van der Waals surface area contributed by atoms with Gasteiger partial charge in [0.15, 0.2) is 0 Å². The molecule has 1 aliphatic heterocycles. The summed E-state index contributed by atoms with van der Waals surface area (Å²) in [6.45, 7) is 4.40. The van der Waals surface area contributed by atoms with Gasteiger partial charge < -0.3 is 9.97 Å². The summed E-state index contributed by atoms with van der Waals surface area (Å²) >= 11 is 0. The number of aromatic nitrogens is 2. The van der Waals surface area contributed by atoms with Crippen LogP contribution < -0.4 is 0 Å². The van der Waals surface area contributed by atoms with E-state index in [1.54, 1.807) is 0 Å². The first-order valence-corrected chi connectivity index (χ1v) is 12.1. The summed E-state index contributed by atoms with van der Waals surface area (Å²) in [6, 6.07) is 36.6. The van der Waals surface area contributed by atoms with Crippen molar-refractivity contribution in [2.24, 2.45) is 4.99 Å². The highest BCUT2D eigenvalue weighted by atomic mass is 14.9. The molecule has 0 aliphatic carbocycles. The monoisotopic (exact) mass is 451 g/mol. The molecule has 0 spiro atoms. The minimum Gasteiger partial charge on any atom is -0.358 e. The van der Waals surface area contributed by atoms with Gasteiger partial charge in [-0.3, -0.25) is 4.99 Å². The summed E-state index contributed by atoms with van der Waals surface area (Å²) in [4.78, 5) is 12.8. The Balaban J connectivity index is 1.74. The van der Waals surface area contributed by atoms with E-state index in [-0.39, 0.29) is 0 Å². The van der Waals surface area contributed by atoms with Gasteiger partial charge in [0.1, 0.15) is 0 Å². The molecule has 0 saturated carbocycles. The van der Waals surface area contributed by atoms with E-state index in [0.717, 1.165) is 39.4 Å². The van der Waals surface area contributed by atoms with Gasteiger partial charge >= 0.3 is 0 Å². The molecule has 6 aromatic rings. The zero-order valence-corrected chi connectivity index (χ0v) is 19.8. The highest BCUT2D eigenvalue weighted by Crippen LogP contribution is 2.55. The van der Waals surface area contributed by atoms with E-state index in [1.807, 2.05) is 0 Å². The predicted octanol–water partition coefficient (Wildman–Crippen LogP) is 7.73. The van der Waals surface area contributed by atoms with E-state index in [4.69, 9.17) is 4.99 Å². The second-order valence-electron chi connectivity index (χ2n) is 9.43. The highest BCUT2D eigenvalue weighted by molar-refractivity contribution is 6.20. The quantitative estimate of drug-likeness (QED) is 0.276. The Hall–Kier alpha value is -4.37. The molecule has 0 saturated heterocycles. The van der Waals surface area contributed by atoms with Gasteiger partial charge in [0.05, 0.1) is 16.8 Å². The van der Waals surface area contributed by atoms with Crippen LogP contribution in [0.15, 0.2) is 108 Å². The predicted molar refractivity (Wildman–Crippen MR) is 145 cm³/mol. The number of nitrogens with zero attached hydrogens (tertiary/aromatic N) is 1. The van der Waals surface area contributed by atoms with Gasteiger partial charge in [-0.1, -0.05) is 84.9 Å². The minimum absolute atomic E-state index is 0.578. The Morgan fingerprint density at radius 2 is 1.09 bits per heavy atom. The fraction of sp³-hybridized carbons (Fsp3) is 0.0938. The molecule has 0 radical (unpaired) electrons. The first kappa shape index (κ1) is 20.0. The van der Waals surface area contributed by atoms with Crippen LogP contribution in [-0.4, -0.2) is 15.7 Å². The van der Waals surface area contributed by atoms with Crippen molar-refractivity contribution >= 4 is 33.2 Å². The molecule has 2 N–H and O–H groups in total. The number of aliphatic imine (C=N–C) groups is 1. The van der Waals surface area contributed by atoms with Gasteiger partial charge in [-0.2, -0.15) is 0 Å². The van der Waals surface area contributed by atoms with E-state index in [9.17, 15) is 0 Å². The molecule has 3 nitrogen and oxygen atoms in total. The summed E-state index contributed by atoms with van der Waals surface area (Å²) in [5, 5.41) is 2.46. The number of aromatic amines is 2. The topological polar surface area (TPSA) is 43.9 Å². The number of hydrogen-bond donors (Lipinski definition) is 2. The van der Waals surface area contributed by atoms with Crippen molar-refractivity contribution in [1.82, 2.24) is 9.97 Å². The molecule has 1 aliphatic rings. The van der Waals surface area contributed by atoms with Crippen LogP contribution in [-0.2, 0) is 5.41 Å². The molecule has 3 heteroatoms. The van der Waals surface area contributed by atoms with Crippen molar-refractivity contribution in [3.8, 4) is 0 Å². The number of fused-ring (bicyclic) bond motifs is 3. The van der Waals surface area contributed by atoms with E-state index in [2.05, 4.69) is 127 Å². The van der Waals surface area contributed by atoms with Crippen LogP contribution in [0.3, 0.4) is 0 Å². The molecule has 35 heavy (non-hydrogen) atoms. The standard InChI is InChI=1S/C32H25N3/c1-20-29(23-14-6-9-17-26(23)33-20)32(30-21(2)34-27-18-10-7-15-24(27)30)25-16-8-11-19-28(25)35-31(32)22-12-4-3-5-13-22/h3-19,33-34H,1-2H3. The molecule has 4 aromatic carbocycles. The fourth-order valence-electron chi connectivity index (χ4n) is 6.25. The zero-order valence-electron chi connectivity index (χ0n) is 19.8. The van der Waals surface area contributed by atoms with Gasteiger partial charge in [0.25, 0.3) is 0 Å². The summed E-state index contributed by atoms with van der Waals surface area (Å²) < 4.78 is 0. The van der Waals surface area contributed by atoms with Crippen LogP contribution in [0.5, 0.6) is 0 Å². The van der Waals surface area contributed by atoms with Crippen molar-refractivity contribution in [1.29, 1.82) is 0 Å². The number of H-pyrrole nitrogens is 2. The van der Waals surface area contributed by atoms with Crippen molar-refractivity contribution in [2.45, 2.75) is 19.3 Å². The maximum absolute atomic E-state index is 5.37. The third kappa shape index (κ3) is 2.64. The second-order valence-corrected chi connectivity index (χ2v) is 9.43. The molecular formula is C32H25N3. The Bertz CT molecular complexity index is 1690. The lowest BCUT2D eigenvalue weighted by atomic mass is 9.64. The first-order chi connectivity index (χ1) is 17.2. The van der Waals surface area contributed by atoms with Gasteiger partial charge in [-0.15, -0.1) is 0 Å². The molecule has 0 atom stereocenters. The van der Waals surface area contributed by atoms with Crippen LogP contribution in [0.2, 0.25) is 0 Å². The van der Waals surface area contributed by atoms with E-state index < -0.39 is 5.41 Å². The smallest absolute Gasteiger partial charge is 0.0947 e. The Morgan fingerprint density at radius 1 is 0.571 bits per heavy atom. The molecule has 7 rings (SSSR count). The zero-order chi connectivity index (χ0) is 23.6. The summed E-state index contributed by atoms with van der Waals surface area (Å²) in [7, 11) is 0. The number of para-hydroxylation sites is 3. The lowest BCUT2D eigenvalue weighted by molar-refractivity contribution is 0.845. The van der Waals surface area contributed by atoms with E-state index in [1.165, 1.54) is 27.5 Å². The van der Waals surface area contributed by atoms with Crippen LogP contribution in [0.4, 0.5) is 5.69 Å². The van der Waals surface area contributed by atoms with Crippen LogP contribution in [0.1, 0.15) is 33.6 Å². The Kier molecular flexibility index (Phi) is 4.19. The number of rotatable bonds is 3. The first-order valence-electron chi connectivity index (χ1n) is 12.1. The average molecular weight is 452 g/mol. The SMILES string of the molecule is Cc1[nH]c2ccccc2c1C1(c2c(C)[nH]c3ccccc23)C(c2ccccc2)=Nc2ccccc21. The Labute approximate surface area is 204 Å². The third-order valence-electron chi connectivity index (χ3n) is 7.48. The van der Waals surface area contributed by atoms with Crippen LogP contribution >= 0.6 is 0 Å². The normalized spacial score (nSPS) is 14.4. The Morgan fingerprint density at radius 3 is 1.71 bits per heavy atom. The largest absolute Gasteiger partial charge is 0.358 e. The summed E-state index contributed by atoms with van der Waals surface area (Å²) in [6.07, 6.45) is 0. The lowest BCUT2D eigenvalue weighted by Crippen LogP contribution is -2.37. The van der Waals surface area contributed by atoms with Gasteiger partial charge in [0.2, 0.25) is 0 Å². The molecule has 0 fully saturated rings. The maximum Gasteiger partial charge on any atom is 0.0947 e. The van der Waals surface area contributed by atoms with Crippen molar-refractivity contribution in [2.75, 3.05) is 0 Å². The maximum atomic E-state index is 5.37. The van der Waals surface area contributed by atoms with Crippen molar-refractivity contribution < 1.29 is 0 Å². The molecular weight excluding hydrogens is 426 g/mol. The van der Waals surface area contributed by atoms with E-state index >= 15 is 0 Å². The molecule has 0 unspecified atom stereocenters. The summed E-state index contributed by atoms with van der Waals surface area (Å²) in [5.74, 6) is 0. The van der Waals surface area contributed by atoms with Crippen molar-refractivity contribution in [3.05, 3.63) is 137 Å². The molecule has 0 bridgehead atoms. The number of hydrogen-bond acceptors (Lipinski definition) is 1. The second kappa shape index (κ2) is 7.31. The van der Waals surface area contributed by atoms with Crippen molar-refractivity contribution in [3.63, 3.8) is 0 Å². The molecule has 0 amide bonds. The highest BCUT2D eigenvalue weighted by Gasteiger charge is 2.51. The fourth-order valence-corrected chi connectivity index (χ4v) is 6.25. The lowest BCUT2D eigenvalue weighted by Gasteiger charge is -2.34. The van der Waals surface area contributed by atoms with Gasteiger partial charge in [0, 0.05) is 44.3 Å². The molecule has 168 valence electrons. The minimum atomic E-state index is -0.578. The van der Waals surface area contributed by atoms with Gasteiger partial charge in [-0.05, 0) is 43.2 Å².